The van der Waals surface area contributed by atoms with Crippen molar-refractivity contribution in [1.29, 1.82) is 0 Å². The minimum Gasteiger partial charge on any atom is -0.490 e. The van der Waals surface area contributed by atoms with Crippen LogP contribution in [-0.4, -0.2) is 19.3 Å². The summed E-state index contributed by atoms with van der Waals surface area (Å²) in [7, 11) is 0. The molecule has 0 atom stereocenters. The maximum atomic E-state index is 13.5. The van der Waals surface area contributed by atoms with Gasteiger partial charge in [-0.2, -0.15) is 4.99 Å². The maximum absolute atomic E-state index is 13.5. The van der Waals surface area contributed by atoms with Gasteiger partial charge in [-0.05, 0) is 30.5 Å². The molecule has 2 aliphatic rings. The van der Waals surface area contributed by atoms with Gasteiger partial charge in [0.15, 0.2) is 11.5 Å². The number of hydrogen-bond donors (Lipinski definition) is 0. The van der Waals surface area contributed by atoms with Crippen molar-refractivity contribution >= 4 is 6.08 Å². The van der Waals surface area contributed by atoms with E-state index in [2.05, 4.69) is 4.99 Å². The van der Waals surface area contributed by atoms with E-state index >= 15 is 0 Å². The summed E-state index contributed by atoms with van der Waals surface area (Å²) in [5.74, 6) is 0.782. The van der Waals surface area contributed by atoms with Crippen molar-refractivity contribution in [2.75, 3.05) is 13.2 Å². The van der Waals surface area contributed by atoms with Crippen LogP contribution >= 0.6 is 0 Å². The number of hydrogen-bond acceptors (Lipinski definition) is 4. The van der Waals surface area contributed by atoms with E-state index in [1.807, 2.05) is 0 Å². The van der Waals surface area contributed by atoms with Gasteiger partial charge in [-0.25, -0.2) is 13.6 Å². The van der Waals surface area contributed by atoms with Gasteiger partial charge in [0.1, 0.15) is 0 Å². The summed E-state index contributed by atoms with van der Waals surface area (Å²) in [6, 6.07) is 2.91. The predicted octanol–water partition coefficient (Wildman–Crippen LogP) is 3.89. The van der Waals surface area contributed by atoms with E-state index < -0.39 is 12.0 Å². The van der Waals surface area contributed by atoms with Crippen LogP contribution in [0.4, 0.5) is 8.78 Å². The minimum absolute atomic E-state index is 0.134. The van der Waals surface area contributed by atoms with E-state index in [1.165, 1.54) is 6.07 Å². The van der Waals surface area contributed by atoms with E-state index in [9.17, 15) is 13.6 Å². The monoisotopic (exact) mass is 309 g/mol. The summed E-state index contributed by atoms with van der Waals surface area (Å²) in [4.78, 5) is 14.7. The summed E-state index contributed by atoms with van der Waals surface area (Å²) in [6.45, 7) is 0.914. The average Bonchev–Trinajstić information content (AvgIpc) is 2.85. The lowest BCUT2D eigenvalue weighted by molar-refractivity contribution is 0.147. The zero-order chi connectivity index (χ0) is 15.6. The lowest BCUT2D eigenvalue weighted by Gasteiger charge is -2.26. The Balaban J connectivity index is 2.16. The van der Waals surface area contributed by atoms with Crippen LogP contribution in [0.3, 0.4) is 0 Å². The summed E-state index contributed by atoms with van der Waals surface area (Å²) >= 11 is 0. The molecule has 3 rings (SSSR count). The number of ether oxygens (including phenoxy) is 2. The van der Waals surface area contributed by atoms with Crippen molar-refractivity contribution in [2.45, 2.75) is 44.1 Å². The highest BCUT2D eigenvalue weighted by atomic mass is 19.3. The Morgan fingerprint density at radius 3 is 2.32 bits per heavy atom. The molecule has 1 saturated carbocycles. The zero-order valence-electron chi connectivity index (χ0n) is 12.1. The third-order valence-electron chi connectivity index (χ3n) is 4.35. The first-order chi connectivity index (χ1) is 10.7. The summed E-state index contributed by atoms with van der Waals surface area (Å²) in [6.07, 6.45) is 2.45. The van der Waals surface area contributed by atoms with E-state index in [0.717, 1.165) is 12.8 Å². The van der Waals surface area contributed by atoms with Crippen LogP contribution < -0.4 is 9.47 Å². The molecule has 0 radical (unpaired) electrons. The SMILES string of the molecule is O=C=NC1(c2cc3c(cc2C(F)F)OCCCO3)CCCC1. The van der Waals surface area contributed by atoms with Gasteiger partial charge in [0, 0.05) is 12.0 Å². The van der Waals surface area contributed by atoms with Gasteiger partial charge in [0.05, 0.1) is 18.8 Å². The van der Waals surface area contributed by atoms with E-state index in [-0.39, 0.29) is 5.56 Å². The van der Waals surface area contributed by atoms with Crippen molar-refractivity contribution in [3.05, 3.63) is 23.3 Å². The second-order valence-corrected chi connectivity index (χ2v) is 5.68. The number of isocyanates is 1. The summed E-state index contributed by atoms with van der Waals surface area (Å²) < 4.78 is 38.1. The highest BCUT2D eigenvalue weighted by molar-refractivity contribution is 5.52. The van der Waals surface area contributed by atoms with Crippen molar-refractivity contribution in [1.82, 2.24) is 0 Å². The smallest absolute Gasteiger partial charge is 0.264 e. The molecule has 22 heavy (non-hydrogen) atoms. The van der Waals surface area contributed by atoms with Crippen LogP contribution in [-0.2, 0) is 10.3 Å². The number of alkyl halides is 2. The molecule has 1 heterocycles. The van der Waals surface area contributed by atoms with Gasteiger partial charge in [-0.15, -0.1) is 0 Å². The molecule has 0 N–H and O–H groups in total. The van der Waals surface area contributed by atoms with E-state index in [0.29, 0.717) is 49.5 Å². The highest BCUT2D eigenvalue weighted by Crippen LogP contribution is 2.48. The maximum Gasteiger partial charge on any atom is 0.264 e. The Labute approximate surface area is 127 Å². The fourth-order valence-electron chi connectivity index (χ4n) is 3.30. The largest absolute Gasteiger partial charge is 0.490 e. The molecule has 1 aliphatic carbocycles. The number of rotatable bonds is 3. The second kappa shape index (κ2) is 6.05. The Hall–Kier alpha value is -1.94. The molecule has 0 spiro atoms. The number of benzene rings is 1. The van der Waals surface area contributed by atoms with Gasteiger partial charge < -0.3 is 9.47 Å². The van der Waals surface area contributed by atoms with Crippen LogP contribution in [0, 0.1) is 0 Å². The van der Waals surface area contributed by atoms with Crippen LogP contribution in [0.25, 0.3) is 0 Å². The summed E-state index contributed by atoms with van der Waals surface area (Å²) in [5, 5.41) is 0. The fraction of sp³-hybridized carbons (Fsp3) is 0.562. The van der Waals surface area contributed by atoms with E-state index in [1.54, 1.807) is 12.1 Å². The number of halogens is 2. The molecular weight excluding hydrogens is 292 g/mol. The number of aliphatic imine (C=N–C) groups is 1. The quantitative estimate of drug-likeness (QED) is 0.628. The van der Waals surface area contributed by atoms with Crippen molar-refractivity contribution in [2.24, 2.45) is 4.99 Å². The standard InChI is InChI=1S/C16H17F2NO3/c17-15(18)11-8-13-14(22-7-3-6-21-13)9-12(11)16(19-10-20)4-1-2-5-16/h8-9,15H,1-7H2. The molecule has 0 amide bonds. The van der Waals surface area contributed by atoms with Gasteiger partial charge in [-0.1, -0.05) is 12.8 Å². The number of carbonyl (C=O) groups excluding carboxylic acids is 1. The fourth-order valence-corrected chi connectivity index (χ4v) is 3.30. The molecule has 6 heteroatoms. The topological polar surface area (TPSA) is 47.9 Å². The molecule has 0 aromatic heterocycles. The average molecular weight is 309 g/mol. The molecule has 4 nitrogen and oxygen atoms in total. The van der Waals surface area contributed by atoms with Crippen molar-refractivity contribution in [3.63, 3.8) is 0 Å². The normalized spacial score (nSPS) is 19.6. The molecule has 0 saturated heterocycles. The third kappa shape index (κ3) is 2.59. The van der Waals surface area contributed by atoms with Gasteiger partial charge >= 0.3 is 0 Å². The van der Waals surface area contributed by atoms with Gasteiger partial charge in [0.2, 0.25) is 6.08 Å². The second-order valence-electron chi connectivity index (χ2n) is 5.68. The highest BCUT2D eigenvalue weighted by Gasteiger charge is 2.40. The van der Waals surface area contributed by atoms with Gasteiger partial charge in [-0.3, -0.25) is 0 Å². The van der Waals surface area contributed by atoms with Crippen molar-refractivity contribution in [3.8, 4) is 11.5 Å². The first kappa shape index (κ1) is 15.0. The number of fused-ring (bicyclic) bond motifs is 1. The lowest BCUT2D eigenvalue weighted by atomic mass is 9.85. The van der Waals surface area contributed by atoms with Crippen LogP contribution in [0.5, 0.6) is 11.5 Å². The molecule has 118 valence electrons. The summed E-state index contributed by atoms with van der Waals surface area (Å²) in [5.41, 5.74) is -0.671. The molecule has 0 unspecified atom stereocenters. The Morgan fingerprint density at radius 1 is 1.09 bits per heavy atom. The molecular formula is C16H17F2NO3. The van der Waals surface area contributed by atoms with Crippen LogP contribution in [0.1, 0.15) is 49.7 Å². The Bertz CT molecular complexity index is 606. The van der Waals surface area contributed by atoms with E-state index in [4.69, 9.17) is 9.47 Å². The Kier molecular flexibility index (Phi) is 4.12. The Morgan fingerprint density at radius 2 is 1.73 bits per heavy atom. The molecule has 0 bridgehead atoms. The molecule has 1 aliphatic heterocycles. The number of nitrogens with zero attached hydrogens (tertiary/aromatic N) is 1. The van der Waals surface area contributed by atoms with Crippen LogP contribution in [0.2, 0.25) is 0 Å². The zero-order valence-corrected chi connectivity index (χ0v) is 12.1. The van der Waals surface area contributed by atoms with Gasteiger partial charge in [0.25, 0.3) is 6.43 Å². The van der Waals surface area contributed by atoms with Crippen LogP contribution in [0.15, 0.2) is 17.1 Å². The molecule has 1 fully saturated rings. The minimum atomic E-state index is -2.66. The predicted molar refractivity (Wildman–Crippen MR) is 75.3 cm³/mol. The van der Waals surface area contributed by atoms with Crippen molar-refractivity contribution < 1.29 is 23.0 Å². The first-order valence-corrected chi connectivity index (χ1v) is 7.47. The molecule has 1 aromatic carbocycles. The third-order valence-corrected chi connectivity index (χ3v) is 4.35. The lowest BCUT2D eigenvalue weighted by Crippen LogP contribution is -2.21. The first-order valence-electron chi connectivity index (χ1n) is 7.47. The molecule has 1 aromatic rings.